The van der Waals surface area contributed by atoms with E-state index in [4.69, 9.17) is 0 Å². The Labute approximate surface area is 208 Å². The molecule has 0 fully saturated rings. The molecule has 11 heteroatoms. The number of halogens is 3. The molecule has 0 bridgehead atoms. The first-order valence-corrected chi connectivity index (χ1v) is 11.3. The van der Waals surface area contributed by atoms with E-state index in [1.807, 2.05) is 60.7 Å². The van der Waals surface area contributed by atoms with Crippen molar-refractivity contribution in [2.45, 2.75) is 24.6 Å². The van der Waals surface area contributed by atoms with Crippen molar-refractivity contribution in [3.8, 4) is 0 Å². The van der Waals surface area contributed by atoms with Crippen LogP contribution in [0.15, 0.2) is 106 Å². The average Bonchev–Trinajstić information content (AvgIpc) is 3.52. The molecular formula is C26H19F3N6O2. The van der Waals surface area contributed by atoms with Crippen molar-refractivity contribution in [1.29, 1.82) is 0 Å². The number of nitrogens with one attached hydrogen (secondary N) is 1. The zero-order chi connectivity index (χ0) is 26.0. The van der Waals surface area contributed by atoms with Crippen molar-refractivity contribution in [3.05, 3.63) is 107 Å². The van der Waals surface area contributed by atoms with Crippen LogP contribution in [-0.2, 0) is 9.59 Å². The predicted molar refractivity (Wildman–Crippen MR) is 129 cm³/mol. The molecule has 1 unspecified atom stereocenters. The van der Waals surface area contributed by atoms with E-state index in [2.05, 4.69) is 25.6 Å². The Balaban J connectivity index is 0.000000233. The van der Waals surface area contributed by atoms with Crippen LogP contribution in [0.25, 0.3) is 0 Å². The lowest BCUT2D eigenvalue weighted by Crippen LogP contribution is -2.32. The van der Waals surface area contributed by atoms with Crippen LogP contribution in [0.1, 0.15) is 35.1 Å². The van der Waals surface area contributed by atoms with Gasteiger partial charge in [0, 0.05) is 23.6 Å². The van der Waals surface area contributed by atoms with E-state index in [0.29, 0.717) is 5.84 Å². The maximum atomic E-state index is 13.4. The standard InChI is InChI=1S/C20H16F3N3O.C6H3N3O/c21-20(22,23)16-11-17(27)25-19-15(16)12-24-26(19)18(13-7-3-1-4-8-13)14-9-5-2-6-10-14;10-5-2-1-4-3-7-9-6(4)8-5/h1-10,12,16,18H,11H2,(H,25,27);1-3H. The molecule has 186 valence electrons. The molecule has 1 aromatic heterocycles. The number of rotatable bonds is 3. The molecule has 3 aliphatic heterocycles. The summed E-state index contributed by atoms with van der Waals surface area (Å²) in [5.41, 5.74) is 2.52. The van der Waals surface area contributed by atoms with E-state index in [0.717, 1.165) is 16.7 Å². The van der Waals surface area contributed by atoms with E-state index in [9.17, 15) is 22.8 Å². The van der Waals surface area contributed by atoms with Gasteiger partial charge >= 0.3 is 6.18 Å². The molecule has 0 saturated heterocycles. The molecule has 3 aliphatic rings. The number of hydrogen-bond acceptors (Lipinski definition) is 5. The van der Waals surface area contributed by atoms with Crippen molar-refractivity contribution in [3.63, 3.8) is 0 Å². The number of amides is 2. The highest BCUT2D eigenvalue weighted by Crippen LogP contribution is 2.44. The number of aliphatic imine (C=N–C) groups is 1. The Morgan fingerprint density at radius 1 is 0.946 bits per heavy atom. The molecule has 2 amide bonds. The molecular weight excluding hydrogens is 485 g/mol. The second-order valence-electron chi connectivity index (χ2n) is 8.37. The fraction of sp³-hybridized carbons (Fsp3) is 0.154. The summed E-state index contributed by atoms with van der Waals surface area (Å²) < 4.78 is 41.8. The van der Waals surface area contributed by atoms with E-state index in [1.54, 1.807) is 12.3 Å². The van der Waals surface area contributed by atoms with Crippen LogP contribution in [0.5, 0.6) is 0 Å². The van der Waals surface area contributed by atoms with Gasteiger partial charge in [0.1, 0.15) is 11.9 Å². The number of aromatic nitrogens is 2. The van der Waals surface area contributed by atoms with E-state index < -0.39 is 30.5 Å². The van der Waals surface area contributed by atoms with Crippen LogP contribution < -0.4 is 5.32 Å². The third-order valence-electron chi connectivity index (χ3n) is 5.95. The maximum absolute atomic E-state index is 13.4. The smallest absolute Gasteiger partial charge is 0.311 e. The van der Waals surface area contributed by atoms with Crippen molar-refractivity contribution < 1.29 is 22.8 Å². The lowest BCUT2D eigenvalue weighted by molar-refractivity contribution is -0.156. The molecule has 0 aliphatic carbocycles. The minimum Gasteiger partial charge on any atom is -0.311 e. The normalized spacial score (nSPS) is 17.9. The monoisotopic (exact) mass is 504 g/mol. The van der Waals surface area contributed by atoms with Gasteiger partial charge in [-0.05, 0) is 17.2 Å². The highest BCUT2D eigenvalue weighted by Gasteiger charge is 2.47. The summed E-state index contributed by atoms with van der Waals surface area (Å²) in [6.45, 7) is 0. The number of carbonyl (C=O) groups is 2. The molecule has 0 spiro atoms. The number of anilines is 1. The van der Waals surface area contributed by atoms with Crippen molar-refractivity contribution >= 4 is 23.5 Å². The van der Waals surface area contributed by atoms with E-state index in [1.165, 1.54) is 17.0 Å². The molecule has 6 rings (SSSR count). The maximum Gasteiger partial charge on any atom is 0.396 e. The Bertz CT molecular complexity index is 1420. The molecule has 4 heterocycles. The summed E-state index contributed by atoms with van der Waals surface area (Å²) in [7, 11) is 0. The van der Waals surface area contributed by atoms with Crippen LogP contribution in [-0.4, -0.2) is 33.6 Å². The lowest BCUT2D eigenvalue weighted by atomic mass is 9.93. The number of hydrogen-bond donors (Lipinski definition) is 1. The number of nitrogens with zero attached hydrogens (tertiary/aromatic N) is 5. The van der Waals surface area contributed by atoms with Crippen LogP contribution in [0.3, 0.4) is 0 Å². The zero-order valence-electron chi connectivity index (χ0n) is 19.1. The van der Waals surface area contributed by atoms with Gasteiger partial charge in [-0.2, -0.15) is 28.4 Å². The number of alkyl halides is 3. The first-order chi connectivity index (χ1) is 17.8. The van der Waals surface area contributed by atoms with E-state index in [-0.39, 0.29) is 17.3 Å². The molecule has 3 aromatic rings. The average molecular weight is 504 g/mol. The highest BCUT2D eigenvalue weighted by atomic mass is 19.4. The molecule has 0 radical (unpaired) electrons. The second-order valence-corrected chi connectivity index (χ2v) is 8.37. The summed E-state index contributed by atoms with van der Waals surface area (Å²) >= 11 is 0. The van der Waals surface area contributed by atoms with Gasteiger partial charge in [-0.3, -0.25) is 9.59 Å². The van der Waals surface area contributed by atoms with Gasteiger partial charge in [-0.15, -0.1) is 5.11 Å². The largest absolute Gasteiger partial charge is 0.396 e. The van der Waals surface area contributed by atoms with Crippen LogP contribution in [0, 0.1) is 0 Å². The van der Waals surface area contributed by atoms with Gasteiger partial charge in [-0.1, -0.05) is 60.7 Å². The van der Waals surface area contributed by atoms with Gasteiger partial charge in [0.25, 0.3) is 5.91 Å². The summed E-state index contributed by atoms with van der Waals surface area (Å²) in [4.78, 5) is 26.2. The summed E-state index contributed by atoms with van der Waals surface area (Å²) in [6.07, 6.45) is 0.711. The van der Waals surface area contributed by atoms with Gasteiger partial charge in [0.15, 0.2) is 5.84 Å². The molecule has 8 nitrogen and oxygen atoms in total. The number of dihydropyridines is 1. The minimum atomic E-state index is -4.50. The number of benzene rings is 2. The number of carbonyl (C=O) groups excluding carboxylic acids is 2. The number of fused-ring (bicyclic) bond motifs is 2. The van der Waals surface area contributed by atoms with Crippen LogP contribution in [0.2, 0.25) is 0 Å². The molecule has 0 saturated carbocycles. The first kappa shape index (κ1) is 24.0. The Morgan fingerprint density at radius 2 is 1.59 bits per heavy atom. The summed E-state index contributed by atoms with van der Waals surface area (Å²) in [6, 6.07) is 18.3. The Kier molecular flexibility index (Phi) is 6.34. The molecule has 2 aromatic carbocycles. The van der Waals surface area contributed by atoms with Gasteiger partial charge in [0.2, 0.25) is 5.91 Å². The van der Waals surface area contributed by atoms with Crippen LogP contribution >= 0.6 is 0 Å². The quantitative estimate of drug-likeness (QED) is 0.521. The zero-order valence-corrected chi connectivity index (χ0v) is 19.1. The summed E-state index contributed by atoms with van der Waals surface area (Å²) in [5.74, 6) is -2.25. The van der Waals surface area contributed by atoms with Crippen molar-refractivity contribution in [2.24, 2.45) is 15.2 Å². The molecule has 1 atom stereocenters. The van der Waals surface area contributed by atoms with E-state index >= 15 is 0 Å². The minimum absolute atomic E-state index is 0.000961. The van der Waals surface area contributed by atoms with Gasteiger partial charge < -0.3 is 5.32 Å². The highest BCUT2D eigenvalue weighted by molar-refractivity contribution is 6.13. The predicted octanol–water partition coefficient (Wildman–Crippen LogP) is 5.34. The second kappa shape index (κ2) is 9.76. The van der Waals surface area contributed by atoms with Gasteiger partial charge in [0.05, 0.1) is 18.3 Å². The lowest BCUT2D eigenvalue weighted by Gasteiger charge is -2.27. The molecule has 37 heavy (non-hydrogen) atoms. The van der Waals surface area contributed by atoms with Crippen LogP contribution in [0.4, 0.5) is 19.0 Å². The topological polar surface area (TPSA) is 101 Å². The SMILES string of the molecule is O=C1C=CC2=CN=NC2=N1.O=C1CC(C(F)(F)F)c2cnn(C(c3ccccc3)c3ccccc3)c2N1. The summed E-state index contributed by atoms with van der Waals surface area (Å²) in [5, 5.41) is 14.1. The fourth-order valence-electron chi connectivity index (χ4n) is 4.24. The Hall–Kier alpha value is -4.67. The Morgan fingerprint density at radius 3 is 2.22 bits per heavy atom. The number of azo groups is 1. The van der Waals surface area contributed by atoms with Crippen molar-refractivity contribution in [2.75, 3.05) is 5.32 Å². The number of amidine groups is 1. The molecule has 1 N–H and O–H groups in total. The third-order valence-corrected chi connectivity index (χ3v) is 5.95. The first-order valence-electron chi connectivity index (χ1n) is 11.3. The fourth-order valence-corrected chi connectivity index (χ4v) is 4.24. The van der Waals surface area contributed by atoms with Crippen molar-refractivity contribution in [1.82, 2.24) is 9.78 Å². The third kappa shape index (κ3) is 5.01. The van der Waals surface area contributed by atoms with Gasteiger partial charge in [-0.25, -0.2) is 4.68 Å².